The first-order valence-corrected chi connectivity index (χ1v) is 7.72. The first-order chi connectivity index (χ1) is 10.3. The summed E-state index contributed by atoms with van der Waals surface area (Å²) in [5, 5.41) is 2.36. The van der Waals surface area contributed by atoms with Gasteiger partial charge in [0, 0.05) is 12.4 Å². The molecule has 0 saturated carbocycles. The zero-order valence-corrected chi connectivity index (χ0v) is 12.6. The van der Waals surface area contributed by atoms with Crippen LogP contribution in [0.15, 0.2) is 42.5 Å². The fourth-order valence-corrected chi connectivity index (χ4v) is 2.99. The van der Waals surface area contributed by atoms with Gasteiger partial charge in [0.05, 0.1) is 25.7 Å². The third kappa shape index (κ3) is 3.20. The van der Waals surface area contributed by atoms with Crippen LogP contribution in [0.2, 0.25) is 0 Å². The highest BCUT2D eigenvalue weighted by Crippen LogP contribution is 2.17. The number of morpholine rings is 1. The molecule has 2 aromatic rings. The Labute approximate surface area is 129 Å². The summed E-state index contributed by atoms with van der Waals surface area (Å²) < 4.78 is 5.38. The zero-order chi connectivity index (χ0) is 14.7. The molecule has 2 aromatic carbocycles. The Morgan fingerprint density at radius 1 is 1.24 bits per heavy atom. The standard InChI is InChI=1S/C17H18ClNO2/c18-11-16-12-21-8-7-19(16)17(20)10-13-5-6-14-3-1-2-4-15(14)9-13/h1-6,9,16H,7-8,10-12H2. The van der Waals surface area contributed by atoms with E-state index in [2.05, 4.69) is 24.3 Å². The van der Waals surface area contributed by atoms with Crippen molar-refractivity contribution >= 4 is 28.3 Å². The van der Waals surface area contributed by atoms with Crippen LogP contribution in [0.1, 0.15) is 5.56 Å². The smallest absolute Gasteiger partial charge is 0.227 e. The number of alkyl halides is 1. The lowest BCUT2D eigenvalue weighted by Crippen LogP contribution is -2.50. The van der Waals surface area contributed by atoms with Gasteiger partial charge in [0.15, 0.2) is 0 Å². The molecule has 1 saturated heterocycles. The Balaban J connectivity index is 1.76. The summed E-state index contributed by atoms with van der Waals surface area (Å²) in [5.41, 5.74) is 1.04. The van der Waals surface area contributed by atoms with Crippen molar-refractivity contribution in [1.29, 1.82) is 0 Å². The number of ether oxygens (including phenoxy) is 1. The largest absolute Gasteiger partial charge is 0.377 e. The molecule has 1 aliphatic rings. The van der Waals surface area contributed by atoms with Crippen LogP contribution < -0.4 is 0 Å². The van der Waals surface area contributed by atoms with Crippen molar-refractivity contribution in [3.63, 3.8) is 0 Å². The van der Waals surface area contributed by atoms with Crippen LogP contribution in [0.4, 0.5) is 0 Å². The summed E-state index contributed by atoms with van der Waals surface area (Å²) >= 11 is 5.93. The number of carbonyl (C=O) groups excluding carboxylic acids is 1. The number of carbonyl (C=O) groups is 1. The van der Waals surface area contributed by atoms with Crippen LogP contribution >= 0.6 is 11.6 Å². The van der Waals surface area contributed by atoms with E-state index in [1.807, 2.05) is 23.1 Å². The molecule has 1 aliphatic heterocycles. The minimum atomic E-state index is -0.00614. The fourth-order valence-electron chi connectivity index (χ4n) is 2.74. The summed E-state index contributed by atoms with van der Waals surface area (Å²) in [6, 6.07) is 14.3. The van der Waals surface area contributed by atoms with Gasteiger partial charge in [-0.15, -0.1) is 11.6 Å². The summed E-state index contributed by atoms with van der Waals surface area (Å²) in [6.07, 6.45) is 0.415. The van der Waals surface area contributed by atoms with Crippen molar-refractivity contribution in [3.05, 3.63) is 48.0 Å². The van der Waals surface area contributed by atoms with E-state index < -0.39 is 0 Å². The molecular weight excluding hydrogens is 286 g/mol. The highest BCUT2D eigenvalue weighted by atomic mass is 35.5. The van der Waals surface area contributed by atoms with Gasteiger partial charge in [-0.3, -0.25) is 4.79 Å². The van der Waals surface area contributed by atoms with Gasteiger partial charge in [0.2, 0.25) is 5.91 Å². The maximum absolute atomic E-state index is 12.5. The average molecular weight is 304 g/mol. The minimum Gasteiger partial charge on any atom is -0.377 e. The van der Waals surface area contributed by atoms with E-state index in [-0.39, 0.29) is 11.9 Å². The van der Waals surface area contributed by atoms with E-state index in [1.165, 1.54) is 10.8 Å². The molecule has 0 bridgehead atoms. The van der Waals surface area contributed by atoms with Crippen molar-refractivity contribution in [3.8, 4) is 0 Å². The SMILES string of the molecule is O=C(Cc1ccc2ccccc2c1)N1CCOCC1CCl. The van der Waals surface area contributed by atoms with Crippen LogP contribution in [0, 0.1) is 0 Å². The van der Waals surface area contributed by atoms with Crippen LogP contribution in [0.3, 0.4) is 0 Å². The molecule has 0 radical (unpaired) electrons. The first-order valence-electron chi connectivity index (χ1n) is 7.19. The number of hydrogen-bond acceptors (Lipinski definition) is 2. The van der Waals surface area contributed by atoms with E-state index >= 15 is 0 Å². The third-order valence-electron chi connectivity index (χ3n) is 3.90. The lowest BCUT2D eigenvalue weighted by molar-refractivity contribution is -0.138. The molecule has 1 atom stereocenters. The predicted octanol–water partition coefficient (Wildman–Crippen LogP) is 2.85. The average Bonchev–Trinajstić information content (AvgIpc) is 2.54. The summed E-state index contributed by atoms with van der Waals surface area (Å²) in [5.74, 6) is 0.544. The molecule has 3 nitrogen and oxygen atoms in total. The Hall–Kier alpha value is -1.58. The Bertz CT molecular complexity index is 643. The molecule has 110 valence electrons. The molecule has 1 amide bonds. The number of fused-ring (bicyclic) bond motifs is 1. The second-order valence-electron chi connectivity index (χ2n) is 5.33. The molecule has 1 fully saturated rings. The number of amides is 1. The van der Waals surface area contributed by atoms with Gasteiger partial charge in [-0.2, -0.15) is 0 Å². The van der Waals surface area contributed by atoms with Gasteiger partial charge < -0.3 is 9.64 Å². The summed E-state index contributed by atoms with van der Waals surface area (Å²) in [4.78, 5) is 14.3. The van der Waals surface area contributed by atoms with Gasteiger partial charge in [-0.05, 0) is 16.3 Å². The minimum absolute atomic E-state index is 0.00614. The first kappa shape index (κ1) is 14.4. The van der Waals surface area contributed by atoms with Crippen LogP contribution in [0.25, 0.3) is 10.8 Å². The molecule has 3 rings (SSSR count). The summed E-state index contributed by atoms with van der Waals surface area (Å²) in [6.45, 7) is 1.76. The molecule has 4 heteroatoms. The van der Waals surface area contributed by atoms with Gasteiger partial charge in [0.1, 0.15) is 0 Å². The number of halogens is 1. The van der Waals surface area contributed by atoms with Gasteiger partial charge >= 0.3 is 0 Å². The maximum Gasteiger partial charge on any atom is 0.227 e. The van der Waals surface area contributed by atoms with Crippen molar-refractivity contribution in [2.75, 3.05) is 25.6 Å². The fraction of sp³-hybridized carbons (Fsp3) is 0.353. The lowest BCUT2D eigenvalue weighted by Gasteiger charge is -2.34. The molecule has 0 aromatic heterocycles. The molecule has 0 spiro atoms. The van der Waals surface area contributed by atoms with Crippen molar-refractivity contribution in [2.24, 2.45) is 0 Å². The number of rotatable bonds is 3. The van der Waals surface area contributed by atoms with Gasteiger partial charge in [0.25, 0.3) is 0 Å². The van der Waals surface area contributed by atoms with E-state index in [4.69, 9.17) is 16.3 Å². The Morgan fingerprint density at radius 2 is 2.05 bits per heavy atom. The van der Waals surface area contributed by atoms with E-state index in [0.717, 1.165) is 5.56 Å². The summed E-state index contributed by atoms with van der Waals surface area (Å²) in [7, 11) is 0. The topological polar surface area (TPSA) is 29.5 Å². The van der Waals surface area contributed by atoms with Crippen LogP contribution in [-0.2, 0) is 16.0 Å². The second-order valence-corrected chi connectivity index (χ2v) is 5.64. The predicted molar refractivity (Wildman–Crippen MR) is 84.7 cm³/mol. The van der Waals surface area contributed by atoms with E-state index in [0.29, 0.717) is 32.1 Å². The molecule has 1 unspecified atom stereocenters. The number of benzene rings is 2. The zero-order valence-electron chi connectivity index (χ0n) is 11.8. The second kappa shape index (κ2) is 6.46. The van der Waals surface area contributed by atoms with Gasteiger partial charge in [-0.25, -0.2) is 0 Å². The van der Waals surface area contributed by atoms with Crippen molar-refractivity contribution in [2.45, 2.75) is 12.5 Å². The van der Waals surface area contributed by atoms with E-state index in [1.54, 1.807) is 0 Å². The van der Waals surface area contributed by atoms with Crippen LogP contribution in [0.5, 0.6) is 0 Å². The third-order valence-corrected chi connectivity index (χ3v) is 4.25. The molecule has 21 heavy (non-hydrogen) atoms. The normalized spacial score (nSPS) is 18.9. The monoisotopic (exact) mass is 303 g/mol. The highest BCUT2D eigenvalue weighted by Gasteiger charge is 2.26. The molecule has 0 N–H and O–H groups in total. The number of hydrogen-bond donors (Lipinski definition) is 0. The quantitative estimate of drug-likeness (QED) is 0.816. The molecular formula is C17H18ClNO2. The molecule has 1 heterocycles. The van der Waals surface area contributed by atoms with Crippen LogP contribution in [-0.4, -0.2) is 42.5 Å². The van der Waals surface area contributed by atoms with Crippen molar-refractivity contribution < 1.29 is 9.53 Å². The van der Waals surface area contributed by atoms with Gasteiger partial charge in [-0.1, -0.05) is 42.5 Å². The molecule has 0 aliphatic carbocycles. The number of nitrogens with zero attached hydrogens (tertiary/aromatic N) is 1. The lowest BCUT2D eigenvalue weighted by atomic mass is 10.0. The van der Waals surface area contributed by atoms with E-state index in [9.17, 15) is 4.79 Å². The Morgan fingerprint density at radius 3 is 2.86 bits per heavy atom. The maximum atomic E-state index is 12.5. The Kier molecular flexibility index (Phi) is 4.42. The van der Waals surface area contributed by atoms with Crippen molar-refractivity contribution in [1.82, 2.24) is 4.90 Å². The highest BCUT2D eigenvalue weighted by molar-refractivity contribution is 6.18.